The molecule has 0 unspecified atom stereocenters. The minimum atomic E-state index is -2.76. The lowest BCUT2D eigenvalue weighted by molar-refractivity contribution is 0.0950. The third kappa shape index (κ3) is 3.89. The molecule has 0 spiro atoms. The number of methoxy groups -OCH3 is 1. The average Bonchev–Trinajstić information content (AvgIpc) is 3.09. The van der Waals surface area contributed by atoms with Gasteiger partial charge in [-0.15, -0.1) is 0 Å². The molecule has 0 fully saturated rings. The van der Waals surface area contributed by atoms with E-state index in [9.17, 15) is 13.6 Å². The van der Waals surface area contributed by atoms with Crippen LogP contribution < -0.4 is 10.1 Å². The summed E-state index contributed by atoms with van der Waals surface area (Å²) in [5, 5.41) is 6.71. The van der Waals surface area contributed by atoms with Gasteiger partial charge in [0.25, 0.3) is 12.3 Å². The number of nitrogens with one attached hydrogen (secondary N) is 1. The second-order valence-electron chi connectivity index (χ2n) is 6.49. The summed E-state index contributed by atoms with van der Waals surface area (Å²) in [5.41, 5.74) is 0.898. The van der Waals surface area contributed by atoms with Gasteiger partial charge in [-0.05, 0) is 36.2 Å². The van der Waals surface area contributed by atoms with Gasteiger partial charge < -0.3 is 10.1 Å². The van der Waals surface area contributed by atoms with Gasteiger partial charge >= 0.3 is 0 Å². The number of carbonyl (C=O) groups is 1. The van der Waals surface area contributed by atoms with Gasteiger partial charge in [0.05, 0.1) is 19.0 Å². The van der Waals surface area contributed by atoms with Gasteiger partial charge in [0.1, 0.15) is 17.0 Å². The summed E-state index contributed by atoms with van der Waals surface area (Å²) in [4.78, 5) is 16.8. The molecule has 1 aromatic carbocycles. The number of hydrogen-bond acceptors (Lipinski definition) is 4. The lowest BCUT2D eigenvalue weighted by Gasteiger charge is -2.10. The predicted molar refractivity (Wildman–Crippen MR) is 97.1 cm³/mol. The first-order valence-electron chi connectivity index (χ1n) is 8.50. The van der Waals surface area contributed by atoms with Crippen molar-refractivity contribution < 1.29 is 18.3 Å². The molecule has 1 N–H and O–H groups in total. The molecule has 0 saturated heterocycles. The molecule has 142 valence electrons. The lowest BCUT2D eigenvalue weighted by atomic mass is 10.1. The van der Waals surface area contributed by atoms with Crippen LogP contribution in [0.25, 0.3) is 16.9 Å². The molecular formula is C19H20F2N4O2. The van der Waals surface area contributed by atoms with Gasteiger partial charge in [0.15, 0.2) is 5.65 Å². The summed E-state index contributed by atoms with van der Waals surface area (Å²) in [6, 6.07) is 8.16. The second-order valence-corrected chi connectivity index (χ2v) is 6.49. The Balaban J connectivity index is 2.09. The smallest absolute Gasteiger partial charge is 0.280 e. The quantitative estimate of drug-likeness (QED) is 0.714. The summed E-state index contributed by atoms with van der Waals surface area (Å²) in [7, 11) is 1.54. The highest BCUT2D eigenvalue weighted by Gasteiger charge is 2.21. The molecular weight excluding hydrogens is 354 g/mol. The van der Waals surface area contributed by atoms with Crippen molar-refractivity contribution in [2.75, 3.05) is 13.7 Å². The highest BCUT2D eigenvalue weighted by Crippen LogP contribution is 2.27. The Kier molecular flexibility index (Phi) is 5.34. The van der Waals surface area contributed by atoms with Crippen molar-refractivity contribution in [3.63, 3.8) is 0 Å². The van der Waals surface area contributed by atoms with Crippen molar-refractivity contribution in [3.05, 3.63) is 47.8 Å². The van der Waals surface area contributed by atoms with Crippen LogP contribution in [-0.2, 0) is 0 Å². The van der Waals surface area contributed by atoms with Crippen molar-refractivity contribution >= 4 is 11.6 Å². The third-order valence-electron chi connectivity index (χ3n) is 4.02. The van der Waals surface area contributed by atoms with Gasteiger partial charge in [-0.25, -0.2) is 18.3 Å². The summed E-state index contributed by atoms with van der Waals surface area (Å²) >= 11 is 0. The van der Waals surface area contributed by atoms with Crippen molar-refractivity contribution in [1.82, 2.24) is 19.9 Å². The molecule has 1 amide bonds. The zero-order chi connectivity index (χ0) is 19.6. The third-order valence-corrected chi connectivity index (χ3v) is 4.02. The van der Waals surface area contributed by atoms with Crippen LogP contribution in [0.15, 0.2) is 36.5 Å². The molecule has 2 aromatic heterocycles. The molecule has 27 heavy (non-hydrogen) atoms. The van der Waals surface area contributed by atoms with E-state index >= 15 is 0 Å². The average molecular weight is 374 g/mol. The van der Waals surface area contributed by atoms with E-state index in [0.29, 0.717) is 23.6 Å². The zero-order valence-corrected chi connectivity index (χ0v) is 15.2. The van der Waals surface area contributed by atoms with Gasteiger partial charge in [-0.2, -0.15) is 5.10 Å². The highest BCUT2D eigenvalue weighted by molar-refractivity contribution is 5.99. The number of amides is 1. The monoisotopic (exact) mass is 374 g/mol. The Labute approximate surface area is 155 Å². The van der Waals surface area contributed by atoms with Crippen LogP contribution in [-0.4, -0.2) is 34.2 Å². The summed E-state index contributed by atoms with van der Waals surface area (Å²) in [5.74, 6) is 0.514. The van der Waals surface area contributed by atoms with Gasteiger partial charge in [-0.3, -0.25) is 4.79 Å². The lowest BCUT2D eigenvalue weighted by Crippen LogP contribution is -2.27. The molecule has 3 aromatic rings. The minimum Gasteiger partial charge on any atom is -0.497 e. The van der Waals surface area contributed by atoms with E-state index in [1.54, 1.807) is 31.4 Å². The largest absolute Gasteiger partial charge is 0.497 e. The number of nitrogens with zero attached hydrogens (tertiary/aromatic N) is 3. The van der Waals surface area contributed by atoms with E-state index < -0.39 is 12.3 Å². The number of fused-ring (bicyclic) bond motifs is 1. The Morgan fingerprint density at radius 3 is 2.56 bits per heavy atom. The van der Waals surface area contributed by atoms with Crippen molar-refractivity contribution in [2.24, 2.45) is 5.92 Å². The van der Waals surface area contributed by atoms with Crippen LogP contribution in [0.4, 0.5) is 8.78 Å². The first-order chi connectivity index (χ1) is 12.9. The molecule has 0 atom stereocenters. The summed E-state index contributed by atoms with van der Waals surface area (Å²) in [6.45, 7) is 4.40. The van der Waals surface area contributed by atoms with Crippen LogP contribution >= 0.6 is 0 Å². The van der Waals surface area contributed by atoms with Crippen LogP contribution in [0.3, 0.4) is 0 Å². The molecule has 2 heterocycles. The number of ether oxygens (including phenoxy) is 1. The number of aromatic nitrogens is 3. The SMILES string of the molecule is COc1ccc(-c2cc(C(F)F)n3ncc(C(=O)NCC(C)C)c3n2)cc1. The molecule has 0 aliphatic rings. The normalized spacial score (nSPS) is 11.4. The fourth-order valence-electron chi connectivity index (χ4n) is 2.60. The molecule has 8 heteroatoms. The number of alkyl halides is 2. The maximum atomic E-state index is 13.6. The van der Waals surface area contributed by atoms with Crippen LogP contribution in [0.1, 0.15) is 36.3 Å². The van der Waals surface area contributed by atoms with Crippen molar-refractivity contribution in [2.45, 2.75) is 20.3 Å². The van der Waals surface area contributed by atoms with E-state index in [0.717, 1.165) is 4.52 Å². The Morgan fingerprint density at radius 1 is 1.26 bits per heavy atom. The van der Waals surface area contributed by atoms with Gasteiger partial charge in [0.2, 0.25) is 0 Å². The van der Waals surface area contributed by atoms with Crippen LogP contribution in [0.5, 0.6) is 5.75 Å². The number of halogens is 2. The minimum absolute atomic E-state index is 0.0971. The number of rotatable bonds is 6. The van der Waals surface area contributed by atoms with E-state index in [1.807, 2.05) is 13.8 Å². The molecule has 0 aliphatic heterocycles. The molecule has 6 nitrogen and oxygen atoms in total. The summed E-state index contributed by atoms with van der Waals surface area (Å²) in [6.07, 6.45) is -1.50. The van der Waals surface area contributed by atoms with Gasteiger partial charge in [-0.1, -0.05) is 13.8 Å². The fourth-order valence-corrected chi connectivity index (χ4v) is 2.60. The number of hydrogen-bond donors (Lipinski definition) is 1. The number of benzene rings is 1. The Bertz CT molecular complexity index is 952. The highest BCUT2D eigenvalue weighted by atomic mass is 19.3. The van der Waals surface area contributed by atoms with Crippen molar-refractivity contribution in [1.29, 1.82) is 0 Å². The topological polar surface area (TPSA) is 68.5 Å². The molecule has 0 bridgehead atoms. The molecule has 0 saturated carbocycles. The predicted octanol–water partition coefficient (Wildman–Crippen LogP) is 3.73. The van der Waals surface area contributed by atoms with Crippen LogP contribution in [0.2, 0.25) is 0 Å². The standard InChI is InChI=1S/C19H20F2N4O2/c1-11(2)9-22-19(26)14-10-23-25-16(17(20)21)8-15(24-18(14)25)12-4-6-13(27-3)7-5-12/h4-8,10-11,17H,9H2,1-3H3,(H,22,26). The maximum Gasteiger partial charge on any atom is 0.280 e. The van der Waals surface area contributed by atoms with Crippen LogP contribution in [0, 0.1) is 5.92 Å². The fraction of sp³-hybridized carbons (Fsp3) is 0.316. The first-order valence-corrected chi connectivity index (χ1v) is 8.50. The summed E-state index contributed by atoms with van der Waals surface area (Å²) < 4.78 is 33.3. The van der Waals surface area contributed by atoms with E-state index in [-0.39, 0.29) is 22.8 Å². The van der Waals surface area contributed by atoms with Crippen molar-refractivity contribution in [3.8, 4) is 17.0 Å². The van der Waals surface area contributed by atoms with E-state index in [1.165, 1.54) is 12.3 Å². The zero-order valence-electron chi connectivity index (χ0n) is 15.2. The number of carbonyl (C=O) groups excluding carboxylic acids is 1. The maximum absolute atomic E-state index is 13.6. The van der Waals surface area contributed by atoms with Gasteiger partial charge in [0, 0.05) is 12.1 Å². The Hall–Kier alpha value is -3.03. The second kappa shape index (κ2) is 7.69. The Morgan fingerprint density at radius 2 is 1.96 bits per heavy atom. The van der Waals surface area contributed by atoms with E-state index in [2.05, 4.69) is 15.4 Å². The molecule has 0 aliphatic carbocycles. The molecule has 3 rings (SSSR count). The molecule has 0 radical (unpaired) electrons. The first kappa shape index (κ1) is 18.8. The van der Waals surface area contributed by atoms with E-state index in [4.69, 9.17) is 4.74 Å².